The summed E-state index contributed by atoms with van der Waals surface area (Å²) >= 11 is 7.57. The minimum absolute atomic E-state index is 0.0182. The third kappa shape index (κ3) is 5.22. The van der Waals surface area contributed by atoms with Crippen molar-refractivity contribution in [3.8, 4) is 0 Å². The van der Waals surface area contributed by atoms with Gasteiger partial charge in [0, 0.05) is 6.07 Å². The quantitative estimate of drug-likeness (QED) is 0.690. The van der Waals surface area contributed by atoms with E-state index in [1.165, 1.54) is 20.7 Å². The first-order valence-corrected chi connectivity index (χ1v) is 9.35. The van der Waals surface area contributed by atoms with E-state index in [1.54, 1.807) is 11.3 Å². The van der Waals surface area contributed by atoms with Crippen LogP contribution < -0.4 is 15.1 Å². The lowest BCUT2D eigenvalue weighted by molar-refractivity contribution is -1.01. The molecule has 8 heteroatoms. The molecular formula is C17H20ClF2N3OS+2. The van der Waals surface area contributed by atoms with Gasteiger partial charge in [-0.05, 0) is 24.3 Å². The summed E-state index contributed by atoms with van der Waals surface area (Å²) in [5.74, 6) is -1.67. The molecule has 1 aromatic carbocycles. The van der Waals surface area contributed by atoms with Crippen LogP contribution in [0.1, 0.15) is 4.88 Å². The number of benzene rings is 1. The number of thiophene rings is 1. The Bertz CT molecular complexity index is 747. The van der Waals surface area contributed by atoms with Gasteiger partial charge < -0.3 is 15.1 Å². The molecule has 0 saturated carbocycles. The smallest absolute Gasteiger partial charge is 0.279 e. The van der Waals surface area contributed by atoms with Gasteiger partial charge in [0.15, 0.2) is 6.54 Å². The van der Waals surface area contributed by atoms with Crippen molar-refractivity contribution in [1.82, 2.24) is 0 Å². The molecule has 3 rings (SSSR count). The molecular weight excluding hydrogens is 368 g/mol. The molecule has 0 unspecified atom stereocenters. The third-order valence-electron chi connectivity index (χ3n) is 4.33. The Balaban J connectivity index is 1.44. The largest absolute Gasteiger partial charge is 0.321 e. The predicted octanol–water partition coefficient (Wildman–Crippen LogP) is 0.602. The van der Waals surface area contributed by atoms with E-state index < -0.39 is 11.6 Å². The maximum absolute atomic E-state index is 13.6. The van der Waals surface area contributed by atoms with Gasteiger partial charge in [0.1, 0.15) is 44.4 Å². The highest BCUT2D eigenvalue weighted by atomic mass is 35.5. The number of nitrogens with one attached hydrogen (secondary N) is 3. The summed E-state index contributed by atoms with van der Waals surface area (Å²) in [6.45, 7) is 4.96. The fourth-order valence-corrected chi connectivity index (χ4v) is 4.18. The SMILES string of the molecule is O=C(C[NH+]1CC[NH+](Cc2ccc(Cl)s2)CC1)Nc1ccc(F)cc1F. The predicted molar refractivity (Wildman–Crippen MR) is 94.3 cm³/mol. The van der Waals surface area contributed by atoms with Gasteiger partial charge in [-0.3, -0.25) is 4.79 Å². The van der Waals surface area contributed by atoms with Crippen molar-refractivity contribution in [2.45, 2.75) is 6.54 Å². The summed E-state index contributed by atoms with van der Waals surface area (Å²) in [4.78, 5) is 16.0. The zero-order chi connectivity index (χ0) is 17.8. The van der Waals surface area contributed by atoms with Crippen molar-refractivity contribution in [3.63, 3.8) is 0 Å². The molecule has 1 aromatic heterocycles. The second kappa shape index (κ2) is 8.23. The molecule has 0 bridgehead atoms. The standard InChI is InChI=1S/C17H18ClF2N3OS/c18-16-4-2-13(25-16)10-22-5-7-23(8-6-22)11-17(24)21-15-3-1-12(19)9-14(15)20/h1-4,9H,5-8,10-11H2,(H,21,24)/p+2. The lowest BCUT2D eigenvalue weighted by Gasteiger charge is -2.29. The molecule has 0 spiro atoms. The number of hydrogen-bond acceptors (Lipinski definition) is 2. The van der Waals surface area contributed by atoms with Crippen molar-refractivity contribution >= 4 is 34.5 Å². The summed E-state index contributed by atoms with van der Waals surface area (Å²) < 4.78 is 27.3. The second-order valence-electron chi connectivity index (χ2n) is 6.23. The Kier molecular flexibility index (Phi) is 6.01. The monoisotopic (exact) mass is 387 g/mol. The maximum atomic E-state index is 13.6. The number of piperazine rings is 1. The van der Waals surface area contributed by atoms with Crippen molar-refractivity contribution in [2.24, 2.45) is 0 Å². The van der Waals surface area contributed by atoms with Gasteiger partial charge in [0.25, 0.3) is 5.91 Å². The molecule has 1 aliphatic heterocycles. The van der Waals surface area contributed by atoms with E-state index >= 15 is 0 Å². The number of halogens is 3. The Morgan fingerprint density at radius 2 is 1.84 bits per heavy atom. The van der Waals surface area contributed by atoms with Gasteiger partial charge in [-0.1, -0.05) is 11.6 Å². The van der Waals surface area contributed by atoms with E-state index in [9.17, 15) is 13.6 Å². The van der Waals surface area contributed by atoms with Gasteiger partial charge >= 0.3 is 0 Å². The van der Waals surface area contributed by atoms with Gasteiger partial charge in [0.2, 0.25) is 0 Å². The van der Waals surface area contributed by atoms with E-state index in [4.69, 9.17) is 11.6 Å². The molecule has 4 nitrogen and oxygen atoms in total. The fourth-order valence-electron chi connectivity index (χ4n) is 3.02. The van der Waals surface area contributed by atoms with Gasteiger partial charge in [0.05, 0.1) is 14.9 Å². The van der Waals surface area contributed by atoms with Crippen LogP contribution in [0.5, 0.6) is 0 Å². The number of rotatable bonds is 5. The highest BCUT2D eigenvalue weighted by Crippen LogP contribution is 2.20. The molecule has 0 radical (unpaired) electrons. The van der Waals surface area contributed by atoms with Crippen LogP contribution in [0, 0.1) is 11.6 Å². The van der Waals surface area contributed by atoms with E-state index in [0.717, 1.165) is 49.2 Å². The fraction of sp³-hybridized carbons (Fsp3) is 0.353. The molecule has 2 heterocycles. The van der Waals surface area contributed by atoms with E-state index in [1.807, 2.05) is 6.07 Å². The molecule has 0 aliphatic carbocycles. The number of hydrogen-bond donors (Lipinski definition) is 3. The Morgan fingerprint density at radius 1 is 1.12 bits per heavy atom. The van der Waals surface area contributed by atoms with Crippen molar-refractivity contribution in [1.29, 1.82) is 0 Å². The summed E-state index contributed by atoms with van der Waals surface area (Å²) in [7, 11) is 0. The number of anilines is 1. The summed E-state index contributed by atoms with van der Waals surface area (Å²) in [6, 6.07) is 7.11. The Labute approximate surface area is 154 Å². The average molecular weight is 388 g/mol. The van der Waals surface area contributed by atoms with E-state index in [0.29, 0.717) is 0 Å². The molecule has 1 fully saturated rings. The first-order chi connectivity index (χ1) is 12.0. The Hall–Kier alpha value is -1.54. The molecule has 3 N–H and O–H groups in total. The molecule has 1 amide bonds. The first kappa shape index (κ1) is 18.3. The average Bonchev–Trinajstić information content (AvgIpc) is 2.97. The van der Waals surface area contributed by atoms with Crippen molar-refractivity contribution in [2.75, 3.05) is 38.0 Å². The highest BCUT2D eigenvalue weighted by Gasteiger charge is 2.25. The summed E-state index contributed by atoms with van der Waals surface area (Å²) in [5, 5.41) is 2.52. The van der Waals surface area contributed by atoms with Crippen LogP contribution in [0.3, 0.4) is 0 Å². The van der Waals surface area contributed by atoms with Crippen LogP contribution in [0.15, 0.2) is 30.3 Å². The zero-order valence-corrected chi connectivity index (χ0v) is 15.2. The van der Waals surface area contributed by atoms with Gasteiger partial charge in [-0.2, -0.15) is 0 Å². The second-order valence-corrected chi connectivity index (χ2v) is 8.03. The van der Waals surface area contributed by atoms with E-state index in [2.05, 4.69) is 11.4 Å². The normalized spacial score (nSPS) is 20.4. The first-order valence-electron chi connectivity index (χ1n) is 8.16. The maximum Gasteiger partial charge on any atom is 0.279 e. The summed E-state index contributed by atoms with van der Waals surface area (Å²) in [6.07, 6.45) is 0. The van der Waals surface area contributed by atoms with Gasteiger partial charge in [-0.25, -0.2) is 8.78 Å². The number of quaternary nitrogens is 2. The number of carbonyl (C=O) groups excluding carboxylic acids is 1. The topological polar surface area (TPSA) is 38.0 Å². The molecule has 1 aliphatic rings. The minimum Gasteiger partial charge on any atom is -0.321 e. The highest BCUT2D eigenvalue weighted by molar-refractivity contribution is 7.16. The number of carbonyl (C=O) groups is 1. The zero-order valence-electron chi connectivity index (χ0n) is 13.6. The lowest BCUT2D eigenvalue weighted by atomic mass is 10.2. The van der Waals surface area contributed by atoms with E-state index in [-0.39, 0.29) is 18.1 Å². The van der Waals surface area contributed by atoms with Crippen LogP contribution in [-0.4, -0.2) is 38.6 Å². The van der Waals surface area contributed by atoms with Crippen LogP contribution in [0.25, 0.3) is 0 Å². The molecule has 0 atom stereocenters. The van der Waals surface area contributed by atoms with Crippen molar-refractivity contribution < 1.29 is 23.4 Å². The number of amides is 1. The Morgan fingerprint density at radius 3 is 2.48 bits per heavy atom. The van der Waals surface area contributed by atoms with Crippen LogP contribution >= 0.6 is 22.9 Å². The van der Waals surface area contributed by atoms with Crippen LogP contribution in [0.2, 0.25) is 4.34 Å². The molecule has 1 saturated heterocycles. The van der Waals surface area contributed by atoms with Crippen LogP contribution in [0.4, 0.5) is 14.5 Å². The molecule has 2 aromatic rings. The van der Waals surface area contributed by atoms with Crippen LogP contribution in [-0.2, 0) is 11.3 Å². The molecule has 25 heavy (non-hydrogen) atoms. The summed E-state index contributed by atoms with van der Waals surface area (Å²) in [5.41, 5.74) is 0.0182. The van der Waals surface area contributed by atoms with Gasteiger partial charge in [-0.15, -0.1) is 11.3 Å². The lowest BCUT2D eigenvalue weighted by Crippen LogP contribution is -3.28. The minimum atomic E-state index is -0.757. The van der Waals surface area contributed by atoms with Crippen molar-refractivity contribution in [3.05, 3.63) is 51.2 Å². The third-order valence-corrected chi connectivity index (χ3v) is 5.56. The molecule has 134 valence electrons.